The lowest BCUT2D eigenvalue weighted by Crippen LogP contribution is -2.27. The average molecular weight is 403 g/mol. The summed E-state index contributed by atoms with van der Waals surface area (Å²) in [6.45, 7) is 4.51. The van der Waals surface area contributed by atoms with Crippen LogP contribution in [0.3, 0.4) is 0 Å². The lowest BCUT2D eigenvalue weighted by Gasteiger charge is -2.07. The van der Waals surface area contributed by atoms with Crippen LogP contribution in [0.1, 0.15) is 84.0 Å². The van der Waals surface area contributed by atoms with Crippen molar-refractivity contribution in [2.24, 2.45) is 5.73 Å². The zero-order chi connectivity index (χ0) is 20.7. The number of carbonyl (C=O) groups excluding carboxylic acids is 2. The van der Waals surface area contributed by atoms with E-state index in [4.69, 9.17) is 15.2 Å². The first-order valence-corrected chi connectivity index (χ1v) is 11.0. The van der Waals surface area contributed by atoms with E-state index in [1.165, 1.54) is 57.8 Å². The van der Waals surface area contributed by atoms with Crippen molar-refractivity contribution in [2.75, 3.05) is 39.6 Å². The second kappa shape index (κ2) is 22.0. The number of unbranched alkanes of at least 4 members (excludes halogenated alkanes) is 10. The third-order valence-electron chi connectivity index (χ3n) is 4.42. The molecule has 0 bridgehead atoms. The molecule has 7 nitrogen and oxygen atoms in total. The maximum Gasteiger partial charge on any atom is 0.404 e. The van der Waals surface area contributed by atoms with Gasteiger partial charge in [0.05, 0.1) is 26.4 Å². The van der Waals surface area contributed by atoms with Gasteiger partial charge in [0.2, 0.25) is 5.91 Å². The Hall–Kier alpha value is -1.34. The first kappa shape index (κ1) is 26.7. The summed E-state index contributed by atoms with van der Waals surface area (Å²) >= 11 is 0. The van der Waals surface area contributed by atoms with Crippen LogP contribution in [0.15, 0.2) is 0 Å². The number of nitrogens with one attached hydrogen (secondary N) is 1. The SMILES string of the molecule is CCCCCCCCCCCCCC(=O)NCCOCCOCCOC(N)=O. The summed E-state index contributed by atoms with van der Waals surface area (Å²) in [4.78, 5) is 22.0. The Bertz CT molecular complexity index is 367. The zero-order valence-corrected chi connectivity index (χ0v) is 17.8. The van der Waals surface area contributed by atoms with Gasteiger partial charge in [0.15, 0.2) is 0 Å². The van der Waals surface area contributed by atoms with E-state index in [-0.39, 0.29) is 12.5 Å². The third kappa shape index (κ3) is 22.7. The van der Waals surface area contributed by atoms with Crippen LogP contribution in [0.2, 0.25) is 0 Å². The van der Waals surface area contributed by atoms with Gasteiger partial charge in [0, 0.05) is 13.0 Å². The Morgan fingerprint density at radius 1 is 0.714 bits per heavy atom. The Kier molecular flexibility index (Phi) is 20.9. The van der Waals surface area contributed by atoms with E-state index in [1.54, 1.807) is 0 Å². The van der Waals surface area contributed by atoms with E-state index in [0.717, 1.165) is 12.8 Å². The molecule has 0 unspecified atom stereocenters. The van der Waals surface area contributed by atoms with Gasteiger partial charge in [-0.15, -0.1) is 0 Å². The molecule has 0 heterocycles. The van der Waals surface area contributed by atoms with E-state index in [0.29, 0.717) is 39.4 Å². The van der Waals surface area contributed by atoms with Crippen LogP contribution in [0, 0.1) is 0 Å². The number of carbonyl (C=O) groups is 2. The van der Waals surface area contributed by atoms with E-state index >= 15 is 0 Å². The van der Waals surface area contributed by atoms with Crippen molar-refractivity contribution in [3.05, 3.63) is 0 Å². The van der Waals surface area contributed by atoms with Crippen LogP contribution >= 0.6 is 0 Å². The summed E-state index contributed by atoms with van der Waals surface area (Å²) < 4.78 is 15.1. The van der Waals surface area contributed by atoms with Crippen LogP contribution in [0.25, 0.3) is 0 Å². The first-order valence-electron chi connectivity index (χ1n) is 11.0. The molecule has 166 valence electrons. The van der Waals surface area contributed by atoms with Gasteiger partial charge in [0.25, 0.3) is 0 Å². The summed E-state index contributed by atoms with van der Waals surface area (Å²) in [6.07, 6.45) is 13.9. The Labute approximate surface area is 171 Å². The minimum Gasteiger partial charge on any atom is -0.447 e. The number of primary amides is 1. The molecule has 0 aromatic heterocycles. The Morgan fingerprint density at radius 2 is 1.21 bits per heavy atom. The minimum atomic E-state index is -0.802. The molecule has 0 aliphatic heterocycles. The molecule has 0 rings (SSSR count). The summed E-state index contributed by atoms with van der Waals surface area (Å²) in [5, 5.41) is 2.87. The van der Waals surface area contributed by atoms with Crippen LogP contribution in [-0.2, 0) is 19.0 Å². The molecular weight excluding hydrogens is 360 g/mol. The van der Waals surface area contributed by atoms with Crippen molar-refractivity contribution in [3.8, 4) is 0 Å². The normalized spacial score (nSPS) is 10.8. The predicted molar refractivity (Wildman–Crippen MR) is 111 cm³/mol. The molecule has 0 fully saturated rings. The third-order valence-corrected chi connectivity index (χ3v) is 4.42. The topological polar surface area (TPSA) is 99.9 Å². The first-order chi connectivity index (χ1) is 13.7. The van der Waals surface area contributed by atoms with Crippen molar-refractivity contribution in [1.82, 2.24) is 5.32 Å². The highest BCUT2D eigenvalue weighted by Gasteiger charge is 2.01. The van der Waals surface area contributed by atoms with E-state index in [1.807, 2.05) is 0 Å². The number of hydrogen-bond acceptors (Lipinski definition) is 5. The smallest absolute Gasteiger partial charge is 0.404 e. The molecule has 0 saturated carbocycles. The average Bonchev–Trinajstić information content (AvgIpc) is 2.67. The molecule has 3 N–H and O–H groups in total. The predicted octanol–water partition coefficient (Wildman–Crippen LogP) is 3.93. The maximum atomic E-state index is 11.7. The molecule has 7 heteroatoms. The standard InChI is InChI=1S/C21H42N2O5/c1-2-3-4-5-6-7-8-9-10-11-12-13-20(24)23-14-15-26-16-17-27-18-19-28-21(22)25/h2-19H2,1H3,(H2,22,25)(H,23,24). The molecule has 2 amide bonds. The van der Waals surface area contributed by atoms with Gasteiger partial charge in [0.1, 0.15) is 6.61 Å². The summed E-state index contributed by atoms with van der Waals surface area (Å²) in [5.41, 5.74) is 4.82. The molecule has 0 aliphatic carbocycles. The van der Waals surface area contributed by atoms with Crippen molar-refractivity contribution in [1.29, 1.82) is 0 Å². The van der Waals surface area contributed by atoms with Crippen LogP contribution in [-0.4, -0.2) is 51.6 Å². The van der Waals surface area contributed by atoms with Gasteiger partial charge in [-0.05, 0) is 6.42 Å². The summed E-state index contributed by atoms with van der Waals surface area (Å²) in [5.74, 6) is 0.0966. The monoisotopic (exact) mass is 402 g/mol. The van der Waals surface area contributed by atoms with Crippen molar-refractivity contribution >= 4 is 12.0 Å². The van der Waals surface area contributed by atoms with Gasteiger partial charge in [-0.2, -0.15) is 0 Å². The highest BCUT2D eigenvalue weighted by molar-refractivity contribution is 5.75. The zero-order valence-electron chi connectivity index (χ0n) is 17.8. The van der Waals surface area contributed by atoms with Gasteiger partial charge >= 0.3 is 6.09 Å². The molecule has 0 atom stereocenters. The highest BCUT2D eigenvalue weighted by Crippen LogP contribution is 2.11. The molecule has 28 heavy (non-hydrogen) atoms. The quantitative estimate of drug-likeness (QED) is 0.283. The van der Waals surface area contributed by atoms with Gasteiger partial charge in [-0.1, -0.05) is 71.1 Å². The van der Waals surface area contributed by atoms with Gasteiger partial charge in [-0.25, -0.2) is 4.79 Å². The lowest BCUT2D eigenvalue weighted by atomic mass is 10.1. The Morgan fingerprint density at radius 3 is 1.79 bits per heavy atom. The highest BCUT2D eigenvalue weighted by atomic mass is 16.6. The van der Waals surface area contributed by atoms with Gasteiger partial charge in [-0.3, -0.25) is 4.79 Å². The minimum absolute atomic E-state index is 0.0966. The fourth-order valence-corrected chi connectivity index (χ4v) is 2.82. The lowest BCUT2D eigenvalue weighted by molar-refractivity contribution is -0.121. The largest absolute Gasteiger partial charge is 0.447 e. The van der Waals surface area contributed by atoms with E-state index in [2.05, 4.69) is 17.0 Å². The number of rotatable bonds is 21. The van der Waals surface area contributed by atoms with Crippen molar-refractivity contribution in [2.45, 2.75) is 84.0 Å². The van der Waals surface area contributed by atoms with E-state index < -0.39 is 6.09 Å². The fraction of sp³-hybridized carbons (Fsp3) is 0.905. The van der Waals surface area contributed by atoms with Crippen molar-refractivity contribution < 1.29 is 23.8 Å². The number of nitrogens with two attached hydrogens (primary N) is 1. The van der Waals surface area contributed by atoms with Crippen molar-refractivity contribution in [3.63, 3.8) is 0 Å². The molecule has 0 aromatic carbocycles. The summed E-state index contributed by atoms with van der Waals surface area (Å²) in [7, 11) is 0. The molecule has 0 spiro atoms. The molecule has 0 saturated heterocycles. The fourth-order valence-electron chi connectivity index (χ4n) is 2.82. The number of amides is 2. The molecule has 0 aromatic rings. The van der Waals surface area contributed by atoms with Crippen LogP contribution in [0.5, 0.6) is 0 Å². The van der Waals surface area contributed by atoms with E-state index in [9.17, 15) is 9.59 Å². The summed E-state index contributed by atoms with van der Waals surface area (Å²) in [6, 6.07) is 0. The van der Waals surface area contributed by atoms with Crippen LogP contribution < -0.4 is 11.1 Å². The molecule has 0 aliphatic rings. The second-order valence-electron chi connectivity index (χ2n) is 7.03. The number of ether oxygens (including phenoxy) is 3. The number of hydrogen-bond donors (Lipinski definition) is 2. The maximum absolute atomic E-state index is 11.7. The second-order valence-corrected chi connectivity index (χ2v) is 7.03. The molecule has 0 radical (unpaired) electrons. The van der Waals surface area contributed by atoms with Gasteiger partial charge < -0.3 is 25.3 Å². The van der Waals surface area contributed by atoms with Crippen LogP contribution in [0.4, 0.5) is 4.79 Å². The molecular formula is C21H42N2O5. The Balaban J connectivity index is 3.16.